The molecule has 1 aliphatic carbocycles. The lowest BCUT2D eigenvalue weighted by atomic mass is 9.75. The minimum absolute atomic E-state index is 0.112. The van der Waals surface area contributed by atoms with E-state index in [1.165, 1.54) is 6.42 Å². The second-order valence-electron chi connectivity index (χ2n) is 6.09. The molecule has 0 aromatic heterocycles. The second-order valence-corrected chi connectivity index (χ2v) is 6.09. The first-order valence-electron chi connectivity index (χ1n) is 7.18. The summed E-state index contributed by atoms with van der Waals surface area (Å²) in [7, 11) is 5.90. The molecule has 1 atom stereocenters. The molecule has 6 nitrogen and oxygen atoms in total. The number of carboxylic acids is 1. The van der Waals surface area contributed by atoms with Gasteiger partial charge in [0.15, 0.2) is 0 Å². The van der Waals surface area contributed by atoms with Crippen LogP contribution in [-0.4, -0.2) is 66.7 Å². The fourth-order valence-electron chi connectivity index (χ4n) is 2.50. The summed E-state index contributed by atoms with van der Waals surface area (Å²) in [5.74, 6) is -1.26. The van der Waals surface area contributed by atoms with E-state index in [1.807, 2.05) is 0 Å². The zero-order valence-corrected chi connectivity index (χ0v) is 13.0. The number of nitrogens with zero attached hydrogens (tertiary/aromatic N) is 2. The van der Waals surface area contributed by atoms with Crippen molar-refractivity contribution in [1.82, 2.24) is 15.1 Å². The van der Waals surface area contributed by atoms with Gasteiger partial charge in [-0.3, -0.25) is 4.79 Å². The summed E-state index contributed by atoms with van der Waals surface area (Å²) in [4.78, 5) is 26.6. The number of hydrogen-bond donors (Lipinski definition) is 2. The molecule has 2 amide bonds. The van der Waals surface area contributed by atoms with E-state index in [9.17, 15) is 9.59 Å². The maximum absolute atomic E-state index is 12.0. The van der Waals surface area contributed by atoms with Crippen LogP contribution in [0.1, 0.15) is 32.6 Å². The molecule has 0 bridgehead atoms. The second kappa shape index (κ2) is 6.92. The van der Waals surface area contributed by atoms with E-state index >= 15 is 0 Å². The van der Waals surface area contributed by atoms with Crippen molar-refractivity contribution in [3.8, 4) is 0 Å². The van der Waals surface area contributed by atoms with Crippen LogP contribution >= 0.6 is 0 Å². The van der Waals surface area contributed by atoms with Gasteiger partial charge in [-0.15, -0.1) is 0 Å². The molecular weight excluding hydrogens is 258 g/mol. The molecule has 1 fully saturated rings. The highest BCUT2D eigenvalue weighted by molar-refractivity contribution is 5.74. The number of urea groups is 1. The summed E-state index contributed by atoms with van der Waals surface area (Å²) in [6.45, 7) is 2.75. The van der Waals surface area contributed by atoms with Crippen molar-refractivity contribution >= 4 is 12.0 Å². The van der Waals surface area contributed by atoms with Crippen LogP contribution in [0, 0.1) is 5.92 Å². The van der Waals surface area contributed by atoms with E-state index in [1.54, 1.807) is 18.9 Å². The highest BCUT2D eigenvalue weighted by Gasteiger charge is 2.40. The molecule has 2 N–H and O–H groups in total. The van der Waals surface area contributed by atoms with Crippen molar-refractivity contribution in [3.63, 3.8) is 0 Å². The summed E-state index contributed by atoms with van der Waals surface area (Å²) in [5, 5.41) is 11.6. The van der Waals surface area contributed by atoms with Crippen LogP contribution in [-0.2, 0) is 4.79 Å². The Bertz CT molecular complexity index is 354. The van der Waals surface area contributed by atoms with Gasteiger partial charge in [-0.25, -0.2) is 4.79 Å². The van der Waals surface area contributed by atoms with Gasteiger partial charge in [0.05, 0.1) is 5.92 Å². The Kier molecular flexibility index (Phi) is 5.80. The molecule has 0 saturated heterocycles. The SMILES string of the molecule is CC(CCNC(=O)N(C)CC1(N(C)C)CCC1)C(=O)O. The molecule has 116 valence electrons. The van der Waals surface area contributed by atoms with Gasteiger partial charge >= 0.3 is 12.0 Å². The molecule has 20 heavy (non-hydrogen) atoms. The number of amides is 2. The molecule has 1 saturated carbocycles. The molecule has 0 spiro atoms. The Hall–Kier alpha value is -1.30. The monoisotopic (exact) mass is 285 g/mol. The van der Waals surface area contributed by atoms with Gasteiger partial charge < -0.3 is 20.2 Å². The molecule has 0 aliphatic heterocycles. The van der Waals surface area contributed by atoms with Crippen molar-refractivity contribution in [2.24, 2.45) is 5.92 Å². The van der Waals surface area contributed by atoms with Gasteiger partial charge in [0, 0.05) is 25.7 Å². The standard InChI is InChI=1S/C14H27N3O3/c1-11(12(18)19)6-9-15-13(20)17(4)10-14(16(2)3)7-5-8-14/h11H,5-10H2,1-4H3,(H,15,20)(H,18,19). The number of carbonyl (C=O) groups is 2. The molecule has 0 heterocycles. The van der Waals surface area contributed by atoms with Crippen molar-refractivity contribution in [2.45, 2.75) is 38.1 Å². The van der Waals surface area contributed by atoms with Crippen molar-refractivity contribution in [2.75, 3.05) is 34.2 Å². The third-order valence-corrected chi connectivity index (χ3v) is 4.39. The van der Waals surface area contributed by atoms with Crippen LogP contribution < -0.4 is 5.32 Å². The Morgan fingerprint density at radius 1 is 1.30 bits per heavy atom. The van der Waals surface area contributed by atoms with E-state index < -0.39 is 11.9 Å². The molecule has 1 rings (SSSR count). The smallest absolute Gasteiger partial charge is 0.317 e. The van der Waals surface area contributed by atoms with E-state index in [0.717, 1.165) is 12.8 Å². The molecule has 1 unspecified atom stereocenters. The van der Waals surface area contributed by atoms with Crippen LogP contribution in [0.15, 0.2) is 0 Å². The Labute approximate surface area is 121 Å². The van der Waals surface area contributed by atoms with Crippen molar-refractivity contribution in [3.05, 3.63) is 0 Å². The average molecular weight is 285 g/mol. The average Bonchev–Trinajstić information content (AvgIpc) is 2.32. The maximum Gasteiger partial charge on any atom is 0.317 e. The zero-order chi connectivity index (χ0) is 15.3. The Morgan fingerprint density at radius 3 is 2.30 bits per heavy atom. The first kappa shape index (κ1) is 16.8. The number of carboxylic acid groups (broad SMARTS) is 1. The first-order chi connectivity index (χ1) is 9.28. The Balaban J connectivity index is 2.34. The van der Waals surface area contributed by atoms with Gasteiger partial charge in [-0.2, -0.15) is 0 Å². The summed E-state index contributed by atoms with van der Waals surface area (Å²) in [5.41, 5.74) is 0.112. The zero-order valence-electron chi connectivity index (χ0n) is 13.0. The third kappa shape index (κ3) is 4.10. The Morgan fingerprint density at radius 2 is 1.90 bits per heavy atom. The minimum atomic E-state index is -0.825. The fraction of sp³-hybridized carbons (Fsp3) is 0.857. The minimum Gasteiger partial charge on any atom is -0.481 e. The number of likely N-dealkylation sites (N-methyl/N-ethyl adjacent to an activating group) is 2. The summed E-state index contributed by atoms with van der Waals surface area (Å²) in [6, 6.07) is -0.129. The topological polar surface area (TPSA) is 72.9 Å². The molecule has 0 aromatic rings. The fourth-order valence-corrected chi connectivity index (χ4v) is 2.50. The number of aliphatic carboxylic acids is 1. The van der Waals surface area contributed by atoms with Crippen molar-refractivity contribution in [1.29, 1.82) is 0 Å². The number of nitrogens with one attached hydrogen (secondary N) is 1. The van der Waals surface area contributed by atoms with Crippen LogP contribution in [0.4, 0.5) is 4.79 Å². The molecule has 6 heteroatoms. The lowest BCUT2D eigenvalue weighted by Crippen LogP contribution is -2.58. The number of carbonyl (C=O) groups excluding carboxylic acids is 1. The lowest BCUT2D eigenvalue weighted by Gasteiger charge is -2.49. The van der Waals surface area contributed by atoms with E-state index in [-0.39, 0.29) is 11.6 Å². The largest absolute Gasteiger partial charge is 0.481 e. The van der Waals surface area contributed by atoms with Gasteiger partial charge in [0.2, 0.25) is 0 Å². The predicted octanol–water partition coefficient (Wildman–Crippen LogP) is 1.22. The third-order valence-electron chi connectivity index (χ3n) is 4.39. The normalized spacial score (nSPS) is 18.2. The molecule has 1 aliphatic rings. The number of hydrogen-bond acceptors (Lipinski definition) is 3. The van der Waals surface area contributed by atoms with Gasteiger partial charge in [-0.05, 0) is 39.8 Å². The highest BCUT2D eigenvalue weighted by Crippen LogP contribution is 2.36. The maximum atomic E-state index is 12.0. The first-order valence-corrected chi connectivity index (χ1v) is 7.18. The summed E-state index contributed by atoms with van der Waals surface area (Å²) in [6.07, 6.45) is 3.90. The summed E-state index contributed by atoms with van der Waals surface area (Å²) < 4.78 is 0. The van der Waals surface area contributed by atoms with Gasteiger partial charge in [-0.1, -0.05) is 6.92 Å². The van der Waals surface area contributed by atoms with Crippen molar-refractivity contribution < 1.29 is 14.7 Å². The quantitative estimate of drug-likeness (QED) is 0.738. The van der Waals surface area contributed by atoms with Gasteiger partial charge in [0.1, 0.15) is 0 Å². The molecular formula is C14H27N3O3. The molecule has 0 radical (unpaired) electrons. The summed E-state index contributed by atoms with van der Waals surface area (Å²) >= 11 is 0. The highest BCUT2D eigenvalue weighted by atomic mass is 16.4. The molecule has 0 aromatic carbocycles. The van der Waals surface area contributed by atoms with Crippen LogP contribution in [0.3, 0.4) is 0 Å². The predicted molar refractivity (Wildman–Crippen MR) is 77.7 cm³/mol. The van der Waals surface area contributed by atoms with E-state index in [4.69, 9.17) is 5.11 Å². The van der Waals surface area contributed by atoms with Crippen LogP contribution in [0.25, 0.3) is 0 Å². The van der Waals surface area contributed by atoms with Gasteiger partial charge in [0.25, 0.3) is 0 Å². The van der Waals surface area contributed by atoms with Crippen LogP contribution in [0.5, 0.6) is 0 Å². The lowest BCUT2D eigenvalue weighted by molar-refractivity contribution is -0.141. The van der Waals surface area contributed by atoms with Crippen LogP contribution in [0.2, 0.25) is 0 Å². The van der Waals surface area contributed by atoms with E-state index in [2.05, 4.69) is 24.3 Å². The number of rotatable bonds is 7. The van der Waals surface area contributed by atoms with E-state index in [0.29, 0.717) is 19.5 Å².